The highest BCUT2D eigenvalue weighted by atomic mass is 16.2. The van der Waals surface area contributed by atoms with Crippen LogP contribution in [-0.4, -0.2) is 22.8 Å². The van der Waals surface area contributed by atoms with Crippen LogP contribution in [0, 0.1) is 0 Å². The first-order valence-electron chi connectivity index (χ1n) is 8.48. The Balaban J connectivity index is 1.86. The monoisotopic (exact) mass is 352 g/mol. The number of carbonyl (C=O) groups excluding carboxylic acids is 3. The summed E-state index contributed by atoms with van der Waals surface area (Å²) in [4.78, 5) is 40.7. The SMILES string of the molecule is CCC1(CC)C(=O)NC(=O)c2cc(NC(=O)Nc3ccncc3)ccc21. The topological polar surface area (TPSA) is 100 Å². The molecule has 0 unspecified atom stereocenters. The van der Waals surface area contributed by atoms with Gasteiger partial charge in [-0.3, -0.25) is 19.9 Å². The predicted molar refractivity (Wildman–Crippen MR) is 98.1 cm³/mol. The molecule has 7 heteroatoms. The molecule has 2 aromatic rings. The lowest BCUT2D eigenvalue weighted by Crippen LogP contribution is -2.51. The number of benzene rings is 1. The Morgan fingerprint density at radius 3 is 2.35 bits per heavy atom. The Hall–Kier alpha value is -3.22. The fourth-order valence-electron chi connectivity index (χ4n) is 3.32. The maximum atomic E-state index is 12.4. The van der Waals surface area contributed by atoms with E-state index in [4.69, 9.17) is 0 Å². The molecular formula is C19H20N4O3. The van der Waals surface area contributed by atoms with Crippen LogP contribution in [0.1, 0.15) is 42.6 Å². The molecule has 0 atom stereocenters. The van der Waals surface area contributed by atoms with Crippen molar-refractivity contribution in [2.45, 2.75) is 32.1 Å². The molecule has 7 nitrogen and oxygen atoms in total. The van der Waals surface area contributed by atoms with E-state index in [1.54, 1.807) is 42.7 Å². The third-order valence-corrected chi connectivity index (χ3v) is 4.84. The van der Waals surface area contributed by atoms with Gasteiger partial charge in [-0.05, 0) is 42.7 Å². The lowest BCUT2D eigenvalue weighted by atomic mass is 9.71. The van der Waals surface area contributed by atoms with Crippen LogP contribution in [0.5, 0.6) is 0 Å². The van der Waals surface area contributed by atoms with E-state index in [-0.39, 0.29) is 5.91 Å². The summed E-state index contributed by atoms with van der Waals surface area (Å²) >= 11 is 0. The molecule has 0 saturated carbocycles. The number of fused-ring (bicyclic) bond motifs is 1. The van der Waals surface area contributed by atoms with Gasteiger partial charge >= 0.3 is 6.03 Å². The molecular weight excluding hydrogens is 332 g/mol. The Kier molecular flexibility index (Phi) is 4.71. The molecule has 0 spiro atoms. The number of aromatic nitrogens is 1. The van der Waals surface area contributed by atoms with Gasteiger partial charge in [0.1, 0.15) is 0 Å². The first kappa shape index (κ1) is 17.6. The number of carbonyl (C=O) groups is 3. The Morgan fingerprint density at radius 2 is 1.69 bits per heavy atom. The summed E-state index contributed by atoms with van der Waals surface area (Å²) in [5.41, 5.74) is 1.48. The normalized spacial score (nSPS) is 15.0. The van der Waals surface area contributed by atoms with E-state index in [0.29, 0.717) is 35.3 Å². The molecule has 0 aliphatic carbocycles. The van der Waals surface area contributed by atoms with Crippen LogP contribution >= 0.6 is 0 Å². The lowest BCUT2D eigenvalue weighted by molar-refractivity contribution is -0.126. The minimum Gasteiger partial charge on any atom is -0.308 e. The zero-order valence-electron chi connectivity index (χ0n) is 14.6. The van der Waals surface area contributed by atoms with Crippen LogP contribution < -0.4 is 16.0 Å². The molecule has 1 aromatic carbocycles. The number of imide groups is 1. The molecule has 4 amide bonds. The summed E-state index contributed by atoms with van der Waals surface area (Å²) < 4.78 is 0. The van der Waals surface area contributed by atoms with Crippen LogP contribution in [-0.2, 0) is 10.2 Å². The molecule has 1 aromatic heterocycles. The molecule has 1 aliphatic rings. The molecule has 26 heavy (non-hydrogen) atoms. The first-order chi connectivity index (χ1) is 12.5. The third kappa shape index (κ3) is 3.03. The number of rotatable bonds is 4. The van der Waals surface area contributed by atoms with Gasteiger partial charge < -0.3 is 10.6 Å². The number of hydrogen-bond donors (Lipinski definition) is 3. The highest BCUT2D eigenvalue weighted by Crippen LogP contribution is 2.38. The van der Waals surface area contributed by atoms with Gasteiger partial charge in [0.15, 0.2) is 0 Å². The fraction of sp³-hybridized carbons (Fsp3) is 0.263. The molecule has 0 saturated heterocycles. The van der Waals surface area contributed by atoms with Crippen molar-refractivity contribution < 1.29 is 14.4 Å². The molecule has 3 rings (SSSR count). The quantitative estimate of drug-likeness (QED) is 0.736. The van der Waals surface area contributed by atoms with E-state index in [1.807, 2.05) is 13.8 Å². The number of hydrogen-bond acceptors (Lipinski definition) is 4. The van der Waals surface area contributed by atoms with Crippen molar-refractivity contribution in [3.05, 3.63) is 53.9 Å². The molecule has 3 N–H and O–H groups in total. The summed E-state index contributed by atoms with van der Waals surface area (Å²) in [5, 5.41) is 7.82. The molecule has 0 radical (unpaired) electrons. The fourth-order valence-corrected chi connectivity index (χ4v) is 3.32. The zero-order chi connectivity index (χ0) is 18.7. The van der Waals surface area contributed by atoms with E-state index < -0.39 is 17.4 Å². The molecule has 2 heterocycles. The van der Waals surface area contributed by atoms with E-state index in [2.05, 4.69) is 20.9 Å². The lowest BCUT2D eigenvalue weighted by Gasteiger charge is -2.35. The van der Waals surface area contributed by atoms with Crippen LogP contribution in [0.3, 0.4) is 0 Å². The molecule has 134 valence electrons. The number of nitrogens with one attached hydrogen (secondary N) is 3. The maximum Gasteiger partial charge on any atom is 0.323 e. The summed E-state index contributed by atoms with van der Waals surface area (Å²) in [6.07, 6.45) is 4.33. The van der Waals surface area contributed by atoms with E-state index >= 15 is 0 Å². The number of pyridine rings is 1. The van der Waals surface area contributed by atoms with Crippen molar-refractivity contribution in [3.8, 4) is 0 Å². The van der Waals surface area contributed by atoms with Gasteiger partial charge in [0.2, 0.25) is 5.91 Å². The van der Waals surface area contributed by atoms with Gasteiger partial charge in [0, 0.05) is 29.3 Å². The minimum absolute atomic E-state index is 0.267. The van der Waals surface area contributed by atoms with Crippen molar-refractivity contribution in [2.75, 3.05) is 10.6 Å². The van der Waals surface area contributed by atoms with E-state index in [1.165, 1.54) is 0 Å². The second-order valence-electron chi connectivity index (χ2n) is 6.15. The Labute approximate surface area is 151 Å². The van der Waals surface area contributed by atoms with Crippen molar-refractivity contribution in [2.24, 2.45) is 0 Å². The van der Waals surface area contributed by atoms with Crippen LogP contribution in [0.15, 0.2) is 42.7 Å². The highest BCUT2D eigenvalue weighted by Gasteiger charge is 2.44. The van der Waals surface area contributed by atoms with Crippen molar-refractivity contribution >= 4 is 29.2 Å². The van der Waals surface area contributed by atoms with Crippen molar-refractivity contribution in [3.63, 3.8) is 0 Å². The van der Waals surface area contributed by atoms with Crippen LogP contribution in [0.2, 0.25) is 0 Å². The largest absolute Gasteiger partial charge is 0.323 e. The second-order valence-corrected chi connectivity index (χ2v) is 6.15. The number of anilines is 2. The van der Waals surface area contributed by atoms with Gasteiger partial charge in [-0.25, -0.2) is 4.79 Å². The van der Waals surface area contributed by atoms with Crippen LogP contribution in [0.25, 0.3) is 0 Å². The Bertz CT molecular complexity index is 860. The van der Waals surface area contributed by atoms with E-state index in [9.17, 15) is 14.4 Å². The van der Waals surface area contributed by atoms with Gasteiger partial charge in [0.05, 0.1) is 5.41 Å². The molecule has 0 bridgehead atoms. The first-order valence-corrected chi connectivity index (χ1v) is 8.48. The summed E-state index contributed by atoms with van der Waals surface area (Å²) in [5.74, 6) is -0.711. The van der Waals surface area contributed by atoms with Gasteiger partial charge in [-0.1, -0.05) is 19.9 Å². The van der Waals surface area contributed by atoms with Crippen molar-refractivity contribution in [1.82, 2.24) is 10.3 Å². The standard InChI is InChI=1S/C19H20N4O3/c1-3-19(4-2)15-6-5-13(11-14(15)16(24)23-17(19)25)22-18(26)21-12-7-9-20-10-8-12/h5-11H,3-4H2,1-2H3,(H,23,24,25)(H2,20,21,22,26). The summed E-state index contributed by atoms with van der Waals surface area (Å²) in [6.45, 7) is 3.86. The summed E-state index contributed by atoms with van der Waals surface area (Å²) in [7, 11) is 0. The molecule has 1 aliphatic heterocycles. The minimum atomic E-state index is -0.721. The zero-order valence-corrected chi connectivity index (χ0v) is 14.6. The van der Waals surface area contributed by atoms with Gasteiger partial charge in [-0.2, -0.15) is 0 Å². The van der Waals surface area contributed by atoms with Crippen LogP contribution in [0.4, 0.5) is 16.2 Å². The smallest absolute Gasteiger partial charge is 0.308 e. The Morgan fingerprint density at radius 1 is 1.04 bits per heavy atom. The number of nitrogens with zero attached hydrogens (tertiary/aromatic N) is 1. The second kappa shape index (κ2) is 6.95. The van der Waals surface area contributed by atoms with E-state index in [0.717, 1.165) is 0 Å². The average Bonchev–Trinajstić information content (AvgIpc) is 2.64. The van der Waals surface area contributed by atoms with Gasteiger partial charge in [-0.15, -0.1) is 0 Å². The summed E-state index contributed by atoms with van der Waals surface area (Å²) in [6, 6.07) is 7.96. The van der Waals surface area contributed by atoms with Crippen molar-refractivity contribution in [1.29, 1.82) is 0 Å². The third-order valence-electron chi connectivity index (χ3n) is 4.84. The average molecular weight is 352 g/mol. The highest BCUT2D eigenvalue weighted by molar-refractivity contribution is 6.14. The molecule has 0 fully saturated rings. The number of amides is 4. The number of urea groups is 1. The van der Waals surface area contributed by atoms with Gasteiger partial charge in [0.25, 0.3) is 5.91 Å². The predicted octanol–water partition coefficient (Wildman–Crippen LogP) is 3.05. The maximum absolute atomic E-state index is 12.4.